The topological polar surface area (TPSA) is 29.3 Å². The molecule has 1 aliphatic heterocycles. The number of likely N-dealkylation sites (tertiary alicyclic amines) is 1. The van der Waals surface area contributed by atoms with E-state index in [0.717, 1.165) is 19.6 Å². The second-order valence-corrected chi connectivity index (χ2v) is 3.94. The van der Waals surface area contributed by atoms with Crippen molar-refractivity contribution >= 4 is 0 Å². The van der Waals surface area contributed by atoms with E-state index < -0.39 is 0 Å². The molecule has 1 fully saturated rings. The van der Waals surface area contributed by atoms with Gasteiger partial charge in [0.1, 0.15) is 0 Å². The van der Waals surface area contributed by atoms with E-state index in [9.17, 15) is 0 Å². The maximum atomic E-state index is 5.71. The summed E-state index contributed by atoms with van der Waals surface area (Å²) in [6.07, 6.45) is 0. The average molecular weight is 176 g/mol. The molecule has 1 saturated heterocycles. The van der Waals surface area contributed by atoms with Gasteiger partial charge in [0.05, 0.1) is 0 Å². The van der Waals surface area contributed by atoms with Crippen LogP contribution in [-0.4, -0.2) is 24.0 Å². The van der Waals surface area contributed by atoms with E-state index in [-0.39, 0.29) is 0 Å². The van der Waals surface area contributed by atoms with Gasteiger partial charge in [0, 0.05) is 25.7 Å². The lowest BCUT2D eigenvalue weighted by Gasteiger charge is -2.36. The molecule has 2 N–H and O–H groups in total. The summed E-state index contributed by atoms with van der Waals surface area (Å²) in [6, 6.07) is 9.07. The van der Waals surface area contributed by atoms with Crippen LogP contribution in [0.15, 0.2) is 24.3 Å². The molecule has 0 spiro atoms. The van der Waals surface area contributed by atoms with E-state index in [1.54, 1.807) is 0 Å². The first-order valence-corrected chi connectivity index (χ1v) is 4.77. The summed E-state index contributed by atoms with van der Waals surface area (Å²) in [7, 11) is 0. The minimum absolute atomic E-state index is 0.407. The summed E-state index contributed by atoms with van der Waals surface area (Å²) < 4.78 is 0. The molecule has 0 radical (unpaired) electrons. The summed E-state index contributed by atoms with van der Waals surface area (Å²) >= 11 is 0. The van der Waals surface area contributed by atoms with Crippen molar-refractivity contribution in [3.63, 3.8) is 0 Å². The van der Waals surface area contributed by atoms with Crippen LogP contribution in [0.25, 0.3) is 0 Å². The highest BCUT2D eigenvalue weighted by molar-refractivity contribution is 5.22. The predicted molar refractivity (Wildman–Crippen MR) is 54.4 cm³/mol. The molecular weight excluding hydrogens is 160 g/mol. The Balaban J connectivity index is 1.94. The number of hydrogen-bond donors (Lipinski definition) is 1. The third-order valence-electron chi connectivity index (χ3n) is 2.47. The predicted octanol–water partition coefficient (Wildman–Crippen LogP) is 1.14. The highest BCUT2D eigenvalue weighted by Crippen LogP contribution is 2.12. The van der Waals surface area contributed by atoms with Crippen LogP contribution in [0.3, 0.4) is 0 Å². The quantitative estimate of drug-likeness (QED) is 0.732. The number of aryl methyl sites for hydroxylation is 1. The van der Waals surface area contributed by atoms with E-state index in [1.165, 1.54) is 11.1 Å². The fraction of sp³-hybridized carbons (Fsp3) is 0.455. The summed E-state index contributed by atoms with van der Waals surface area (Å²) in [5.41, 5.74) is 8.44. The first-order valence-electron chi connectivity index (χ1n) is 4.77. The molecular formula is C11H16N2. The molecule has 0 aromatic heterocycles. The number of rotatable bonds is 2. The summed E-state index contributed by atoms with van der Waals surface area (Å²) in [5.74, 6) is 0. The standard InChI is InChI=1S/C11H16N2/c1-9-3-2-4-10(5-9)6-13-7-11(12)8-13/h2-5,11H,6-8,12H2,1H3. The maximum Gasteiger partial charge on any atom is 0.0297 e. The number of hydrogen-bond acceptors (Lipinski definition) is 2. The van der Waals surface area contributed by atoms with Crippen LogP contribution in [0.5, 0.6) is 0 Å². The van der Waals surface area contributed by atoms with E-state index in [1.807, 2.05) is 0 Å². The van der Waals surface area contributed by atoms with Gasteiger partial charge in [0.15, 0.2) is 0 Å². The minimum atomic E-state index is 0.407. The Morgan fingerprint density at radius 2 is 2.23 bits per heavy atom. The Kier molecular flexibility index (Phi) is 2.34. The monoisotopic (exact) mass is 176 g/mol. The van der Waals surface area contributed by atoms with Crippen LogP contribution < -0.4 is 5.73 Å². The summed E-state index contributed by atoms with van der Waals surface area (Å²) in [4.78, 5) is 2.37. The van der Waals surface area contributed by atoms with Crippen LogP contribution in [0.1, 0.15) is 11.1 Å². The molecule has 0 unspecified atom stereocenters. The smallest absolute Gasteiger partial charge is 0.0297 e. The third-order valence-corrected chi connectivity index (χ3v) is 2.47. The molecule has 0 aliphatic carbocycles. The van der Waals surface area contributed by atoms with E-state index >= 15 is 0 Å². The van der Waals surface area contributed by atoms with Gasteiger partial charge in [0.25, 0.3) is 0 Å². The molecule has 1 aromatic rings. The normalized spacial score (nSPS) is 18.6. The first-order chi connectivity index (χ1) is 6.24. The zero-order valence-electron chi connectivity index (χ0n) is 8.03. The van der Waals surface area contributed by atoms with Crippen molar-refractivity contribution in [2.75, 3.05) is 13.1 Å². The van der Waals surface area contributed by atoms with Crippen LogP contribution in [0.4, 0.5) is 0 Å². The molecule has 0 saturated carbocycles. The van der Waals surface area contributed by atoms with Gasteiger partial charge >= 0.3 is 0 Å². The zero-order chi connectivity index (χ0) is 9.26. The molecule has 0 bridgehead atoms. The molecule has 1 aliphatic rings. The van der Waals surface area contributed by atoms with E-state index in [4.69, 9.17) is 5.73 Å². The highest BCUT2D eigenvalue weighted by atomic mass is 15.2. The van der Waals surface area contributed by atoms with Gasteiger partial charge < -0.3 is 5.73 Å². The fourth-order valence-electron chi connectivity index (χ4n) is 1.81. The molecule has 70 valence electrons. The Bertz CT molecular complexity index is 290. The molecule has 2 nitrogen and oxygen atoms in total. The Hall–Kier alpha value is -0.860. The lowest BCUT2D eigenvalue weighted by molar-refractivity contribution is 0.142. The average Bonchev–Trinajstić information content (AvgIpc) is 2.01. The van der Waals surface area contributed by atoms with Gasteiger partial charge in [0.2, 0.25) is 0 Å². The largest absolute Gasteiger partial charge is 0.325 e. The maximum absolute atomic E-state index is 5.71. The molecule has 13 heavy (non-hydrogen) atoms. The molecule has 0 atom stereocenters. The van der Waals surface area contributed by atoms with Crippen molar-refractivity contribution < 1.29 is 0 Å². The van der Waals surface area contributed by atoms with Gasteiger partial charge in [-0.3, -0.25) is 4.90 Å². The van der Waals surface area contributed by atoms with Crippen molar-refractivity contribution in [2.24, 2.45) is 5.73 Å². The molecule has 0 amide bonds. The Labute approximate surface area is 79.4 Å². The lowest BCUT2D eigenvalue weighted by Crippen LogP contribution is -2.54. The van der Waals surface area contributed by atoms with Crippen LogP contribution in [0, 0.1) is 6.92 Å². The van der Waals surface area contributed by atoms with E-state index in [2.05, 4.69) is 36.1 Å². The van der Waals surface area contributed by atoms with Crippen molar-refractivity contribution in [2.45, 2.75) is 19.5 Å². The van der Waals surface area contributed by atoms with Gasteiger partial charge in [-0.15, -0.1) is 0 Å². The number of nitrogens with zero attached hydrogens (tertiary/aromatic N) is 1. The molecule has 2 heteroatoms. The number of benzene rings is 1. The zero-order valence-corrected chi connectivity index (χ0v) is 8.03. The Morgan fingerprint density at radius 1 is 1.46 bits per heavy atom. The molecule has 1 aromatic carbocycles. The second kappa shape index (κ2) is 3.48. The Morgan fingerprint density at radius 3 is 2.85 bits per heavy atom. The van der Waals surface area contributed by atoms with Gasteiger partial charge in [-0.25, -0.2) is 0 Å². The van der Waals surface area contributed by atoms with Crippen molar-refractivity contribution in [1.29, 1.82) is 0 Å². The third kappa shape index (κ3) is 2.08. The van der Waals surface area contributed by atoms with Gasteiger partial charge in [-0.1, -0.05) is 29.8 Å². The van der Waals surface area contributed by atoms with E-state index in [0.29, 0.717) is 6.04 Å². The van der Waals surface area contributed by atoms with Crippen molar-refractivity contribution in [1.82, 2.24) is 4.90 Å². The second-order valence-electron chi connectivity index (χ2n) is 3.94. The highest BCUT2D eigenvalue weighted by Gasteiger charge is 2.22. The molecule has 1 heterocycles. The number of nitrogens with two attached hydrogens (primary N) is 1. The lowest BCUT2D eigenvalue weighted by atomic mass is 10.1. The van der Waals surface area contributed by atoms with Crippen LogP contribution in [-0.2, 0) is 6.54 Å². The molecule has 2 rings (SSSR count). The van der Waals surface area contributed by atoms with Crippen LogP contribution in [0.2, 0.25) is 0 Å². The minimum Gasteiger partial charge on any atom is -0.325 e. The van der Waals surface area contributed by atoms with Gasteiger partial charge in [-0.05, 0) is 12.5 Å². The van der Waals surface area contributed by atoms with Crippen molar-refractivity contribution in [3.8, 4) is 0 Å². The summed E-state index contributed by atoms with van der Waals surface area (Å²) in [5, 5.41) is 0. The van der Waals surface area contributed by atoms with Gasteiger partial charge in [-0.2, -0.15) is 0 Å². The van der Waals surface area contributed by atoms with Crippen molar-refractivity contribution in [3.05, 3.63) is 35.4 Å². The fourth-order valence-corrected chi connectivity index (χ4v) is 1.81. The first kappa shape index (κ1) is 8.73. The summed E-state index contributed by atoms with van der Waals surface area (Å²) in [6.45, 7) is 5.28. The SMILES string of the molecule is Cc1cccc(CN2CC(N)C2)c1. The van der Waals surface area contributed by atoms with Crippen LogP contribution >= 0.6 is 0 Å².